The largest absolute Gasteiger partial charge is 0.339 e. The molecule has 21 heavy (non-hydrogen) atoms. The van der Waals surface area contributed by atoms with Crippen LogP contribution in [0.3, 0.4) is 0 Å². The number of unbranched alkanes of at least 4 members (excludes halogenated alkanes) is 4. The highest BCUT2D eigenvalue weighted by Gasteiger charge is 2.38. The van der Waals surface area contributed by atoms with Crippen molar-refractivity contribution in [3.8, 4) is 0 Å². The van der Waals surface area contributed by atoms with E-state index in [9.17, 15) is 9.59 Å². The third kappa shape index (κ3) is 4.55. The highest BCUT2D eigenvalue weighted by Crippen LogP contribution is 2.32. The molecule has 0 aromatic rings. The molecule has 2 aliphatic rings. The van der Waals surface area contributed by atoms with E-state index in [-0.39, 0.29) is 12.0 Å². The summed E-state index contributed by atoms with van der Waals surface area (Å²) in [5.41, 5.74) is 0. The standard InChI is InChI=1S/C18H31NO2/c1-2-3-4-5-6-13-18(21)19-14-9-11-16(19)15-10-7-8-12-17(15)20/h15-16H,2-14H2,1H3. The molecule has 0 aromatic carbocycles. The van der Waals surface area contributed by atoms with Crippen LogP contribution in [0.1, 0.15) is 84.0 Å². The Morgan fingerprint density at radius 1 is 1.10 bits per heavy atom. The first-order valence-corrected chi connectivity index (χ1v) is 9.06. The first-order valence-electron chi connectivity index (χ1n) is 9.06. The van der Waals surface area contributed by atoms with Crippen molar-refractivity contribution >= 4 is 11.7 Å². The van der Waals surface area contributed by atoms with Gasteiger partial charge in [0.1, 0.15) is 5.78 Å². The average Bonchev–Trinajstić information content (AvgIpc) is 2.96. The van der Waals surface area contributed by atoms with Crippen LogP contribution in [0, 0.1) is 5.92 Å². The maximum atomic E-state index is 12.5. The van der Waals surface area contributed by atoms with E-state index in [0.29, 0.717) is 18.1 Å². The Morgan fingerprint density at radius 3 is 2.67 bits per heavy atom. The zero-order valence-electron chi connectivity index (χ0n) is 13.6. The number of carbonyl (C=O) groups excluding carboxylic acids is 2. The second-order valence-electron chi connectivity index (χ2n) is 6.78. The van der Waals surface area contributed by atoms with Gasteiger partial charge in [0.25, 0.3) is 0 Å². The van der Waals surface area contributed by atoms with Crippen LogP contribution in [0.2, 0.25) is 0 Å². The fourth-order valence-electron chi connectivity index (χ4n) is 3.96. The smallest absolute Gasteiger partial charge is 0.222 e. The van der Waals surface area contributed by atoms with Gasteiger partial charge in [-0.2, -0.15) is 0 Å². The van der Waals surface area contributed by atoms with Gasteiger partial charge in [-0.1, -0.05) is 39.0 Å². The minimum atomic E-state index is 0.144. The molecule has 3 heteroatoms. The third-order valence-electron chi connectivity index (χ3n) is 5.18. The Kier molecular flexibility index (Phi) is 6.72. The van der Waals surface area contributed by atoms with E-state index in [4.69, 9.17) is 0 Å². The molecular formula is C18H31NO2. The monoisotopic (exact) mass is 293 g/mol. The van der Waals surface area contributed by atoms with Crippen LogP contribution in [0.25, 0.3) is 0 Å². The van der Waals surface area contributed by atoms with Gasteiger partial charge in [0.05, 0.1) is 0 Å². The van der Waals surface area contributed by atoms with Crippen LogP contribution < -0.4 is 0 Å². The van der Waals surface area contributed by atoms with Crippen LogP contribution >= 0.6 is 0 Å². The molecule has 2 atom stereocenters. The molecule has 1 aliphatic carbocycles. The van der Waals surface area contributed by atoms with E-state index in [1.165, 1.54) is 25.7 Å². The number of amides is 1. The van der Waals surface area contributed by atoms with Gasteiger partial charge in [-0.05, 0) is 32.1 Å². The fourth-order valence-corrected chi connectivity index (χ4v) is 3.96. The van der Waals surface area contributed by atoms with Crippen LogP contribution in [0.15, 0.2) is 0 Å². The number of rotatable bonds is 7. The number of carbonyl (C=O) groups is 2. The van der Waals surface area contributed by atoms with Crippen molar-refractivity contribution < 1.29 is 9.59 Å². The molecule has 0 N–H and O–H groups in total. The SMILES string of the molecule is CCCCCCCC(=O)N1CCCC1C1CCCCC1=O. The van der Waals surface area contributed by atoms with E-state index >= 15 is 0 Å². The van der Waals surface area contributed by atoms with Gasteiger partial charge < -0.3 is 4.90 Å². The zero-order chi connectivity index (χ0) is 15.1. The molecule has 0 aromatic heterocycles. The topological polar surface area (TPSA) is 37.4 Å². The predicted octanol–water partition coefficient (Wildman–Crippen LogP) is 4.10. The van der Waals surface area contributed by atoms with Gasteiger partial charge in [0, 0.05) is 31.3 Å². The Balaban J connectivity index is 1.80. The van der Waals surface area contributed by atoms with Crippen LogP contribution in [-0.2, 0) is 9.59 Å². The molecule has 120 valence electrons. The number of hydrogen-bond acceptors (Lipinski definition) is 2. The van der Waals surface area contributed by atoms with Gasteiger partial charge in [-0.25, -0.2) is 0 Å². The maximum Gasteiger partial charge on any atom is 0.222 e. The lowest BCUT2D eigenvalue weighted by molar-refractivity contribution is -0.135. The lowest BCUT2D eigenvalue weighted by Gasteiger charge is -2.33. The van der Waals surface area contributed by atoms with Crippen molar-refractivity contribution in [3.05, 3.63) is 0 Å². The van der Waals surface area contributed by atoms with Crippen molar-refractivity contribution in [2.75, 3.05) is 6.54 Å². The van der Waals surface area contributed by atoms with Gasteiger partial charge in [0.2, 0.25) is 5.91 Å². The molecule has 2 fully saturated rings. The van der Waals surface area contributed by atoms with E-state index < -0.39 is 0 Å². The van der Waals surface area contributed by atoms with Gasteiger partial charge >= 0.3 is 0 Å². The van der Waals surface area contributed by atoms with Crippen molar-refractivity contribution in [1.29, 1.82) is 0 Å². The summed E-state index contributed by atoms with van der Waals surface area (Å²) in [4.78, 5) is 26.6. The number of likely N-dealkylation sites (tertiary alicyclic amines) is 1. The molecule has 1 aliphatic heterocycles. The number of ketones is 1. The van der Waals surface area contributed by atoms with Gasteiger partial charge in [0.15, 0.2) is 0 Å². The van der Waals surface area contributed by atoms with Gasteiger partial charge in [-0.3, -0.25) is 9.59 Å². The van der Waals surface area contributed by atoms with E-state index in [1.54, 1.807) is 0 Å². The molecular weight excluding hydrogens is 262 g/mol. The molecule has 0 spiro atoms. The number of Topliss-reactive ketones (excluding diaryl/α,β-unsaturated/α-hetero) is 1. The Hall–Kier alpha value is -0.860. The Bertz CT molecular complexity index is 353. The molecule has 1 saturated heterocycles. The Labute approximate surface area is 129 Å². The Morgan fingerprint density at radius 2 is 1.90 bits per heavy atom. The summed E-state index contributed by atoms with van der Waals surface area (Å²) >= 11 is 0. The zero-order valence-corrected chi connectivity index (χ0v) is 13.6. The predicted molar refractivity (Wildman–Crippen MR) is 85.1 cm³/mol. The summed E-state index contributed by atoms with van der Waals surface area (Å²) < 4.78 is 0. The first-order chi connectivity index (χ1) is 10.2. The number of nitrogens with zero attached hydrogens (tertiary/aromatic N) is 1. The summed E-state index contributed by atoms with van der Waals surface area (Å²) in [6, 6.07) is 0.223. The fraction of sp³-hybridized carbons (Fsp3) is 0.889. The van der Waals surface area contributed by atoms with E-state index in [1.807, 2.05) is 4.90 Å². The molecule has 0 bridgehead atoms. The highest BCUT2D eigenvalue weighted by atomic mass is 16.2. The summed E-state index contributed by atoms with van der Waals surface area (Å²) in [7, 11) is 0. The third-order valence-corrected chi connectivity index (χ3v) is 5.18. The van der Waals surface area contributed by atoms with Crippen molar-refractivity contribution in [2.45, 2.75) is 90.0 Å². The number of hydrogen-bond donors (Lipinski definition) is 0. The minimum absolute atomic E-state index is 0.144. The second-order valence-corrected chi connectivity index (χ2v) is 6.78. The summed E-state index contributed by atoms with van der Waals surface area (Å²) in [6.45, 7) is 3.09. The van der Waals surface area contributed by atoms with Crippen LogP contribution in [-0.4, -0.2) is 29.2 Å². The van der Waals surface area contributed by atoms with Gasteiger partial charge in [-0.15, -0.1) is 0 Å². The average molecular weight is 293 g/mol. The summed E-state index contributed by atoms with van der Waals surface area (Å²) in [6.07, 6.45) is 12.7. The molecule has 2 rings (SSSR count). The van der Waals surface area contributed by atoms with Crippen molar-refractivity contribution in [1.82, 2.24) is 4.90 Å². The van der Waals surface area contributed by atoms with Crippen LogP contribution in [0.5, 0.6) is 0 Å². The van der Waals surface area contributed by atoms with Crippen molar-refractivity contribution in [2.24, 2.45) is 5.92 Å². The lowest BCUT2D eigenvalue weighted by atomic mass is 9.81. The lowest BCUT2D eigenvalue weighted by Crippen LogP contribution is -2.43. The molecule has 0 radical (unpaired) electrons. The molecule has 3 nitrogen and oxygen atoms in total. The molecule has 2 unspecified atom stereocenters. The normalized spacial score (nSPS) is 26.3. The molecule has 1 saturated carbocycles. The minimum Gasteiger partial charge on any atom is -0.339 e. The molecule has 1 amide bonds. The second kappa shape index (κ2) is 8.55. The van der Waals surface area contributed by atoms with E-state index in [2.05, 4.69) is 6.92 Å². The summed E-state index contributed by atoms with van der Waals surface area (Å²) in [5.74, 6) is 0.853. The van der Waals surface area contributed by atoms with Crippen LogP contribution in [0.4, 0.5) is 0 Å². The summed E-state index contributed by atoms with van der Waals surface area (Å²) in [5, 5.41) is 0. The van der Waals surface area contributed by atoms with Crippen molar-refractivity contribution in [3.63, 3.8) is 0 Å². The quantitative estimate of drug-likeness (QED) is 0.663. The van der Waals surface area contributed by atoms with E-state index in [0.717, 1.165) is 51.5 Å². The maximum absolute atomic E-state index is 12.5. The molecule has 1 heterocycles. The first kappa shape index (κ1) is 16.5. The highest BCUT2D eigenvalue weighted by molar-refractivity contribution is 5.84.